The molecule has 0 aliphatic rings. The SMILES string of the molecule is N#Cc1ccnc(Nc2cccc3ccccc23)c1N. The number of aromatic nitrogens is 1. The third-order valence-corrected chi connectivity index (χ3v) is 3.15. The first-order valence-corrected chi connectivity index (χ1v) is 6.19. The van der Waals surface area contributed by atoms with Crippen LogP contribution in [-0.4, -0.2) is 4.98 Å². The van der Waals surface area contributed by atoms with Crippen molar-refractivity contribution in [2.75, 3.05) is 11.1 Å². The van der Waals surface area contributed by atoms with Crippen molar-refractivity contribution in [3.8, 4) is 6.07 Å². The molecule has 0 saturated carbocycles. The molecule has 0 bridgehead atoms. The first kappa shape index (κ1) is 12.0. The number of nitriles is 1. The predicted octanol–water partition coefficient (Wildman–Crippen LogP) is 3.43. The van der Waals surface area contributed by atoms with Crippen LogP contribution < -0.4 is 11.1 Å². The monoisotopic (exact) mass is 260 g/mol. The van der Waals surface area contributed by atoms with Gasteiger partial charge in [0.25, 0.3) is 0 Å². The van der Waals surface area contributed by atoms with Crippen molar-refractivity contribution in [1.82, 2.24) is 4.98 Å². The summed E-state index contributed by atoms with van der Waals surface area (Å²) in [5.41, 5.74) is 7.64. The number of pyridine rings is 1. The number of hydrogen-bond donors (Lipinski definition) is 2. The number of hydrogen-bond acceptors (Lipinski definition) is 4. The van der Waals surface area contributed by atoms with Crippen molar-refractivity contribution in [3.63, 3.8) is 0 Å². The number of nitrogen functional groups attached to an aromatic ring is 1. The Hall–Kier alpha value is -3.06. The Labute approximate surface area is 116 Å². The fourth-order valence-electron chi connectivity index (χ4n) is 2.13. The maximum absolute atomic E-state index is 9.00. The number of nitrogens with two attached hydrogens (primary N) is 1. The normalized spacial score (nSPS) is 10.2. The Kier molecular flexibility index (Phi) is 2.94. The number of benzene rings is 2. The van der Waals surface area contributed by atoms with Gasteiger partial charge in [-0.2, -0.15) is 5.26 Å². The van der Waals surface area contributed by atoms with Crippen LogP contribution in [0.1, 0.15) is 5.56 Å². The quantitative estimate of drug-likeness (QED) is 0.740. The van der Waals surface area contributed by atoms with Gasteiger partial charge in [0, 0.05) is 17.3 Å². The van der Waals surface area contributed by atoms with Gasteiger partial charge in [-0.05, 0) is 17.5 Å². The van der Waals surface area contributed by atoms with Crippen LogP contribution in [0, 0.1) is 11.3 Å². The minimum atomic E-state index is 0.364. The van der Waals surface area contributed by atoms with Crippen molar-refractivity contribution in [1.29, 1.82) is 5.26 Å². The molecule has 3 N–H and O–H groups in total. The molecule has 4 heteroatoms. The van der Waals surface area contributed by atoms with Crippen molar-refractivity contribution in [3.05, 3.63) is 60.3 Å². The Morgan fingerprint density at radius 1 is 1.05 bits per heavy atom. The van der Waals surface area contributed by atoms with E-state index < -0.39 is 0 Å². The van der Waals surface area contributed by atoms with Gasteiger partial charge in [0.05, 0.1) is 11.3 Å². The Balaban J connectivity index is 2.09. The molecular formula is C16H12N4. The van der Waals surface area contributed by atoms with Crippen LogP contribution in [0.25, 0.3) is 10.8 Å². The standard InChI is InChI=1S/C16H12N4/c17-10-12-8-9-19-16(15(12)18)20-14-7-3-5-11-4-1-2-6-13(11)14/h1-9H,18H2,(H,19,20). The van der Waals surface area contributed by atoms with Crippen LogP contribution in [-0.2, 0) is 0 Å². The van der Waals surface area contributed by atoms with Gasteiger partial charge in [0.2, 0.25) is 0 Å². The van der Waals surface area contributed by atoms with Crippen molar-refractivity contribution < 1.29 is 0 Å². The molecule has 0 saturated heterocycles. The highest BCUT2D eigenvalue weighted by Gasteiger charge is 2.07. The van der Waals surface area contributed by atoms with E-state index in [1.807, 2.05) is 42.5 Å². The molecule has 4 nitrogen and oxygen atoms in total. The topological polar surface area (TPSA) is 74.7 Å². The summed E-state index contributed by atoms with van der Waals surface area (Å²) in [4.78, 5) is 4.20. The molecule has 0 spiro atoms. The first-order valence-electron chi connectivity index (χ1n) is 6.19. The van der Waals surface area contributed by atoms with Gasteiger partial charge in [-0.3, -0.25) is 0 Å². The second-order valence-electron chi connectivity index (χ2n) is 4.38. The Bertz CT molecular complexity index is 813. The number of nitrogens with one attached hydrogen (secondary N) is 1. The van der Waals surface area contributed by atoms with E-state index in [4.69, 9.17) is 11.0 Å². The van der Waals surface area contributed by atoms with Gasteiger partial charge in [-0.15, -0.1) is 0 Å². The predicted molar refractivity (Wildman–Crippen MR) is 80.6 cm³/mol. The molecule has 2 aromatic carbocycles. The summed E-state index contributed by atoms with van der Waals surface area (Å²) in [6.07, 6.45) is 1.57. The summed E-state index contributed by atoms with van der Waals surface area (Å²) < 4.78 is 0. The van der Waals surface area contributed by atoms with E-state index in [0.29, 0.717) is 17.1 Å². The van der Waals surface area contributed by atoms with Crippen LogP contribution in [0.5, 0.6) is 0 Å². The first-order chi connectivity index (χ1) is 9.79. The van der Waals surface area contributed by atoms with E-state index in [9.17, 15) is 0 Å². The van der Waals surface area contributed by atoms with E-state index in [0.717, 1.165) is 16.5 Å². The van der Waals surface area contributed by atoms with E-state index in [-0.39, 0.29) is 0 Å². The molecule has 0 radical (unpaired) electrons. The fourth-order valence-corrected chi connectivity index (χ4v) is 2.13. The molecular weight excluding hydrogens is 248 g/mol. The lowest BCUT2D eigenvalue weighted by molar-refractivity contribution is 1.30. The van der Waals surface area contributed by atoms with Gasteiger partial charge in [0.15, 0.2) is 5.82 Å². The number of nitrogens with zero attached hydrogens (tertiary/aromatic N) is 2. The molecule has 1 heterocycles. The van der Waals surface area contributed by atoms with Gasteiger partial charge in [-0.25, -0.2) is 4.98 Å². The lowest BCUT2D eigenvalue weighted by Crippen LogP contribution is -2.01. The highest BCUT2D eigenvalue weighted by Crippen LogP contribution is 2.28. The highest BCUT2D eigenvalue weighted by molar-refractivity contribution is 5.96. The second-order valence-corrected chi connectivity index (χ2v) is 4.38. The number of anilines is 3. The molecule has 3 rings (SSSR count). The van der Waals surface area contributed by atoms with Crippen LogP contribution in [0.3, 0.4) is 0 Å². The minimum absolute atomic E-state index is 0.364. The summed E-state index contributed by atoms with van der Waals surface area (Å²) in [5.74, 6) is 0.500. The van der Waals surface area contributed by atoms with Crippen LogP contribution in [0.4, 0.5) is 17.2 Å². The lowest BCUT2D eigenvalue weighted by atomic mass is 10.1. The molecule has 1 aromatic heterocycles. The number of fused-ring (bicyclic) bond motifs is 1. The van der Waals surface area contributed by atoms with Crippen LogP contribution >= 0.6 is 0 Å². The van der Waals surface area contributed by atoms with Crippen molar-refractivity contribution >= 4 is 28.0 Å². The molecule has 0 fully saturated rings. The molecule has 20 heavy (non-hydrogen) atoms. The van der Waals surface area contributed by atoms with E-state index in [2.05, 4.69) is 16.4 Å². The molecule has 0 amide bonds. The maximum atomic E-state index is 9.00. The smallest absolute Gasteiger partial charge is 0.154 e. The summed E-state index contributed by atoms with van der Waals surface area (Å²) >= 11 is 0. The summed E-state index contributed by atoms with van der Waals surface area (Å²) in [7, 11) is 0. The summed E-state index contributed by atoms with van der Waals surface area (Å²) in [6.45, 7) is 0. The summed E-state index contributed by atoms with van der Waals surface area (Å²) in [5, 5.41) is 14.4. The molecule has 96 valence electrons. The van der Waals surface area contributed by atoms with Crippen LogP contribution in [0.15, 0.2) is 54.7 Å². The van der Waals surface area contributed by atoms with Crippen molar-refractivity contribution in [2.45, 2.75) is 0 Å². The maximum Gasteiger partial charge on any atom is 0.154 e. The average Bonchev–Trinajstić information content (AvgIpc) is 2.50. The highest BCUT2D eigenvalue weighted by atomic mass is 15.0. The Morgan fingerprint density at radius 3 is 2.70 bits per heavy atom. The lowest BCUT2D eigenvalue weighted by Gasteiger charge is -2.11. The Morgan fingerprint density at radius 2 is 1.85 bits per heavy atom. The molecule has 3 aromatic rings. The molecule has 0 atom stereocenters. The molecule has 0 aliphatic carbocycles. The zero-order valence-electron chi connectivity index (χ0n) is 10.7. The third kappa shape index (κ3) is 2.02. The van der Waals surface area contributed by atoms with Gasteiger partial charge in [0.1, 0.15) is 6.07 Å². The summed E-state index contributed by atoms with van der Waals surface area (Å²) in [6, 6.07) is 17.7. The fraction of sp³-hybridized carbons (Fsp3) is 0. The minimum Gasteiger partial charge on any atom is -0.395 e. The number of rotatable bonds is 2. The second kappa shape index (κ2) is 4.90. The molecule has 0 unspecified atom stereocenters. The zero-order chi connectivity index (χ0) is 13.9. The molecule has 0 aliphatic heterocycles. The van der Waals surface area contributed by atoms with Crippen molar-refractivity contribution in [2.24, 2.45) is 0 Å². The van der Waals surface area contributed by atoms with Gasteiger partial charge in [-0.1, -0.05) is 36.4 Å². The third-order valence-electron chi connectivity index (χ3n) is 3.15. The zero-order valence-corrected chi connectivity index (χ0v) is 10.7. The van der Waals surface area contributed by atoms with Gasteiger partial charge >= 0.3 is 0 Å². The van der Waals surface area contributed by atoms with E-state index in [1.54, 1.807) is 12.3 Å². The largest absolute Gasteiger partial charge is 0.395 e. The van der Waals surface area contributed by atoms with Crippen LogP contribution in [0.2, 0.25) is 0 Å². The van der Waals surface area contributed by atoms with E-state index in [1.165, 1.54) is 0 Å². The average molecular weight is 260 g/mol. The van der Waals surface area contributed by atoms with E-state index >= 15 is 0 Å². The van der Waals surface area contributed by atoms with Gasteiger partial charge < -0.3 is 11.1 Å².